The highest BCUT2D eigenvalue weighted by molar-refractivity contribution is 5.16. The van der Waals surface area contributed by atoms with Crippen molar-refractivity contribution < 1.29 is 0 Å². The van der Waals surface area contributed by atoms with Crippen LogP contribution in [0.1, 0.15) is 32.3 Å². The fourth-order valence-corrected chi connectivity index (χ4v) is 3.44. The third-order valence-corrected chi connectivity index (χ3v) is 4.38. The smallest absolute Gasteiger partial charge is 0.00487 e. The molecule has 0 bridgehead atoms. The maximum atomic E-state index is 5.85. The fraction of sp³-hybridized carbons (Fsp3) is 0.625. The summed E-state index contributed by atoms with van der Waals surface area (Å²) in [7, 11) is 0. The van der Waals surface area contributed by atoms with Crippen molar-refractivity contribution >= 4 is 0 Å². The molecular weight excluding hydrogens is 206 g/mol. The van der Waals surface area contributed by atoms with E-state index in [1.54, 1.807) is 0 Å². The van der Waals surface area contributed by atoms with E-state index in [1.807, 2.05) is 0 Å². The third kappa shape index (κ3) is 3.10. The molecule has 94 valence electrons. The molecule has 1 aliphatic carbocycles. The lowest BCUT2D eigenvalue weighted by Crippen LogP contribution is -2.16. The molecule has 0 radical (unpaired) electrons. The normalized spacial score (nSPS) is 28.8. The molecule has 0 spiro atoms. The first kappa shape index (κ1) is 12.6. The average Bonchev–Trinajstić information content (AvgIpc) is 2.74. The molecule has 3 atom stereocenters. The molecule has 1 aromatic carbocycles. The van der Waals surface area contributed by atoms with Gasteiger partial charge in [0.1, 0.15) is 0 Å². The van der Waals surface area contributed by atoms with Gasteiger partial charge in [-0.15, -0.1) is 0 Å². The summed E-state index contributed by atoms with van der Waals surface area (Å²) in [6, 6.07) is 10.9. The number of rotatable bonds is 4. The highest BCUT2D eigenvalue weighted by Crippen LogP contribution is 2.41. The molecule has 2 rings (SSSR count). The molecule has 1 heteroatoms. The van der Waals surface area contributed by atoms with E-state index in [-0.39, 0.29) is 0 Å². The van der Waals surface area contributed by atoms with Crippen LogP contribution in [0.25, 0.3) is 0 Å². The van der Waals surface area contributed by atoms with Gasteiger partial charge in [0.05, 0.1) is 0 Å². The lowest BCUT2D eigenvalue weighted by molar-refractivity contribution is 0.293. The maximum Gasteiger partial charge on any atom is -0.00487 e. The van der Waals surface area contributed by atoms with Crippen molar-refractivity contribution in [2.45, 2.75) is 33.1 Å². The van der Waals surface area contributed by atoms with E-state index >= 15 is 0 Å². The molecule has 0 heterocycles. The summed E-state index contributed by atoms with van der Waals surface area (Å²) in [5.74, 6) is 3.26. The zero-order valence-electron chi connectivity index (χ0n) is 11.1. The summed E-state index contributed by atoms with van der Waals surface area (Å²) < 4.78 is 0. The van der Waals surface area contributed by atoms with E-state index in [2.05, 4.69) is 44.2 Å². The monoisotopic (exact) mass is 231 g/mol. The van der Waals surface area contributed by atoms with Crippen molar-refractivity contribution in [3.8, 4) is 0 Å². The van der Waals surface area contributed by atoms with Gasteiger partial charge in [0.15, 0.2) is 0 Å². The minimum absolute atomic E-state index is 0.760. The van der Waals surface area contributed by atoms with Crippen LogP contribution < -0.4 is 5.73 Å². The van der Waals surface area contributed by atoms with E-state index in [9.17, 15) is 0 Å². The minimum Gasteiger partial charge on any atom is -0.330 e. The Morgan fingerprint density at radius 3 is 2.47 bits per heavy atom. The van der Waals surface area contributed by atoms with Crippen LogP contribution in [-0.2, 0) is 6.42 Å². The van der Waals surface area contributed by atoms with Gasteiger partial charge in [-0.05, 0) is 55.0 Å². The van der Waals surface area contributed by atoms with Crippen LogP contribution in [0.4, 0.5) is 0 Å². The predicted octanol–water partition coefficient (Wildman–Crippen LogP) is 3.49. The van der Waals surface area contributed by atoms with Crippen molar-refractivity contribution in [2.24, 2.45) is 29.4 Å². The van der Waals surface area contributed by atoms with Crippen molar-refractivity contribution in [3.63, 3.8) is 0 Å². The van der Waals surface area contributed by atoms with E-state index in [4.69, 9.17) is 5.73 Å². The van der Waals surface area contributed by atoms with Crippen molar-refractivity contribution in [2.75, 3.05) is 6.54 Å². The predicted molar refractivity (Wildman–Crippen MR) is 73.7 cm³/mol. The summed E-state index contributed by atoms with van der Waals surface area (Å²) in [4.78, 5) is 0. The van der Waals surface area contributed by atoms with Gasteiger partial charge in [-0.25, -0.2) is 0 Å². The van der Waals surface area contributed by atoms with Crippen LogP contribution in [-0.4, -0.2) is 6.54 Å². The standard InChI is InChI=1S/C16H25N/c1-12(2)16-10-14(11-17)9-15(16)8-13-6-4-3-5-7-13/h3-7,12,14-16H,8-11,17H2,1-2H3. The molecule has 17 heavy (non-hydrogen) atoms. The van der Waals surface area contributed by atoms with Gasteiger partial charge >= 0.3 is 0 Å². The second-order valence-corrected chi connectivity index (χ2v) is 5.93. The molecule has 0 saturated heterocycles. The summed E-state index contributed by atoms with van der Waals surface area (Å²) in [6.07, 6.45) is 3.90. The lowest BCUT2D eigenvalue weighted by Gasteiger charge is -2.23. The van der Waals surface area contributed by atoms with Crippen molar-refractivity contribution in [1.82, 2.24) is 0 Å². The Morgan fingerprint density at radius 2 is 1.88 bits per heavy atom. The number of nitrogens with two attached hydrogens (primary N) is 1. The van der Waals surface area contributed by atoms with Gasteiger partial charge in [-0.3, -0.25) is 0 Å². The maximum absolute atomic E-state index is 5.85. The molecule has 1 saturated carbocycles. The van der Waals surface area contributed by atoms with Gasteiger partial charge in [0, 0.05) is 0 Å². The zero-order valence-corrected chi connectivity index (χ0v) is 11.1. The van der Waals surface area contributed by atoms with Crippen LogP contribution in [0.15, 0.2) is 30.3 Å². The van der Waals surface area contributed by atoms with Gasteiger partial charge in [0.2, 0.25) is 0 Å². The van der Waals surface area contributed by atoms with E-state index in [1.165, 1.54) is 24.8 Å². The largest absolute Gasteiger partial charge is 0.330 e. The average molecular weight is 231 g/mol. The second kappa shape index (κ2) is 5.68. The van der Waals surface area contributed by atoms with Crippen LogP contribution >= 0.6 is 0 Å². The first-order valence-electron chi connectivity index (χ1n) is 6.94. The topological polar surface area (TPSA) is 26.0 Å². The first-order chi connectivity index (χ1) is 8.20. The van der Waals surface area contributed by atoms with Crippen LogP contribution in [0.5, 0.6) is 0 Å². The highest BCUT2D eigenvalue weighted by Gasteiger charge is 2.34. The quantitative estimate of drug-likeness (QED) is 0.843. The van der Waals surface area contributed by atoms with Crippen LogP contribution in [0, 0.1) is 23.7 Å². The molecule has 0 amide bonds. The fourth-order valence-electron chi connectivity index (χ4n) is 3.44. The molecule has 3 unspecified atom stereocenters. The molecule has 1 aliphatic rings. The van der Waals surface area contributed by atoms with Gasteiger partial charge in [-0.2, -0.15) is 0 Å². The molecule has 0 aromatic heterocycles. The van der Waals surface area contributed by atoms with Crippen LogP contribution in [0.3, 0.4) is 0 Å². The van der Waals surface area contributed by atoms with E-state index < -0.39 is 0 Å². The Bertz CT molecular complexity index is 331. The van der Waals surface area contributed by atoms with E-state index in [0.717, 1.165) is 30.2 Å². The van der Waals surface area contributed by atoms with Gasteiger partial charge in [0.25, 0.3) is 0 Å². The van der Waals surface area contributed by atoms with Crippen molar-refractivity contribution in [1.29, 1.82) is 0 Å². The Hall–Kier alpha value is -0.820. The summed E-state index contributed by atoms with van der Waals surface area (Å²) in [6.45, 7) is 5.59. The number of hydrogen-bond donors (Lipinski definition) is 1. The van der Waals surface area contributed by atoms with Gasteiger partial charge < -0.3 is 5.73 Å². The van der Waals surface area contributed by atoms with E-state index in [0.29, 0.717) is 0 Å². The lowest BCUT2D eigenvalue weighted by atomic mass is 9.82. The molecular formula is C16H25N. The molecule has 1 aromatic rings. The number of hydrogen-bond acceptors (Lipinski definition) is 1. The summed E-state index contributed by atoms with van der Waals surface area (Å²) in [5, 5.41) is 0. The minimum atomic E-state index is 0.760. The SMILES string of the molecule is CC(C)C1CC(CN)CC1Cc1ccccc1. The highest BCUT2D eigenvalue weighted by atomic mass is 14.6. The molecule has 1 nitrogen and oxygen atoms in total. The Morgan fingerprint density at radius 1 is 1.18 bits per heavy atom. The zero-order chi connectivity index (χ0) is 12.3. The van der Waals surface area contributed by atoms with Crippen molar-refractivity contribution in [3.05, 3.63) is 35.9 Å². The second-order valence-electron chi connectivity index (χ2n) is 5.93. The third-order valence-electron chi connectivity index (χ3n) is 4.38. The van der Waals surface area contributed by atoms with Gasteiger partial charge in [-0.1, -0.05) is 44.2 Å². The Labute approximate surface area is 105 Å². The number of benzene rings is 1. The Balaban J connectivity index is 2.03. The molecule has 0 aliphatic heterocycles. The summed E-state index contributed by atoms with van der Waals surface area (Å²) >= 11 is 0. The molecule has 1 fully saturated rings. The first-order valence-corrected chi connectivity index (χ1v) is 6.94. The summed E-state index contributed by atoms with van der Waals surface area (Å²) in [5.41, 5.74) is 7.34. The molecule has 2 N–H and O–H groups in total. The van der Waals surface area contributed by atoms with Crippen LogP contribution in [0.2, 0.25) is 0 Å². The Kier molecular flexibility index (Phi) is 4.22.